The first kappa shape index (κ1) is 12.7. The molecule has 2 rings (SSSR count). The lowest BCUT2D eigenvalue weighted by atomic mass is 9.88. The number of anilines is 1. The fraction of sp³-hybridized carbons (Fsp3) is 0.462. The summed E-state index contributed by atoms with van der Waals surface area (Å²) in [5.41, 5.74) is 1.18. The molecule has 0 aliphatic rings. The van der Waals surface area contributed by atoms with Gasteiger partial charge in [-0.15, -0.1) is 0 Å². The van der Waals surface area contributed by atoms with Gasteiger partial charge in [-0.1, -0.05) is 43.7 Å². The molecule has 0 aliphatic carbocycles. The summed E-state index contributed by atoms with van der Waals surface area (Å²) in [6.07, 6.45) is 0. The Morgan fingerprint density at radius 1 is 1.35 bits per heavy atom. The van der Waals surface area contributed by atoms with Gasteiger partial charge in [-0.3, -0.25) is 0 Å². The van der Waals surface area contributed by atoms with Crippen molar-refractivity contribution in [2.24, 2.45) is 5.41 Å². The van der Waals surface area contributed by atoms with E-state index in [-0.39, 0.29) is 5.41 Å². The molecule has 1 atom stereocenters. The third-order valence-electron chi connectivity index (χ3n) is 2.99. The Balaban J connectivity index is 2.25. The average Bonchev–Trinajstić information content (AvgIpc) is 2.57. The summed E-state index contributed by atoms with van der Waals surface area (Å²) in [5.74, 6) is 0. The molecule has 2 aromatic rings. The SMILES string of the molecule is CC(Nc1nc2cc(Cl)ccc2s1)C(C)(C)C. The van der Waals surface area contributed by atoms with Crippen LogP contribution in [0.25, 0.3) is 10.2 Å². The van der Waals surface area contributed by atoms with Crippen molar-refractivity contribution in [3.8, 4) is 0 Å². The molecule has 0 spiro atoms. The summed E-state index contributed by atoms with van der Waals surface area (Å²) in [4.78, 5) is 4.55. The van der Waals surface area contributed by atoms with Crippen LogP contribution in [0, 0.1) is 5.41 Å². The summed E-state index contributed by atoms with van der Waals surface area (Å²) in [6, 6.07) is 6.19. The molecular weight excluding hydrogens is 252 g/mol. The second kappa shape index (κ2) is 4.46. The summed E-state index contributed by atoms with van der Waals surface area (Å²) >= 11 is 7.62. The van der Waals surface area contributed by atoms with E-state index in [1.165, 1.54) is 0 Å². The Hall–Kier alpha value is -0.800. The van der Waals surface area contributed by atoms with Crippen LogP contribution in [0.1, 0.15) is 27.7 Å². The van der Waals surface area contributed by atoms with E-state index in [1.807, 2.05) is 18.2 Å². The van der Waals surface area contributed by atoms with Gasteiger partial charge in [0.15, 0.2) is 5.13 Å². The fourth-order valence-electron chi connectivity index (χ4n) is 1.36. The van der Waals surface area contributed by atoms with Gasteiger partial charge in [0.1, 0.15) is 0 Å². The second-order valence-corrected chi connectivity index (χ2v) is 6.83. The van der Waals surface area contributed by atoms with Crippen molar-refractivity contribution in [2.75, 3.05) is 5.32 Å². The number of nitrogens with one attached hydrogen (secondary N) is 1. The zero-order valence-corrected chi connectivity index (χ0v) is 12.1. The summed E-state index contributed by atoms with van der Waals surface area (Å²) in [6.45, 7) is 8.83. The topological polar surface area (TPSA) is 24.9 Å². The number of hydrogen-bond donors (Lipinski definition) is 1. The van der Waals surface area contributed by atoms with Gasteiger partial charge in [-0.25, -0.2) is 4.98 Å². The number of thiazole rings is 1. The molecule has 0 radical (unpaired) electrons. The molecular formula is C13H17ClN2S. The molecule has 0 aliphatic heterocycles. The van der Waals surface area contributed by atoms with Gasteiger partial charge in [-0.2, -0.15) is 0 Å². The predicted molar refractivity (Wildman–Crippen MR) is 77.2 cm³/mol. The number of halogens is 1. The highest BCUT2D eigenvalue weighted by Crippen LogP contribution is 2.30. The third-order valence-corrected chi connectivity index (χ3v) is 4.19. The van der Waals surface area contributed by atoms with E-state index in [0.29, 0.717) is 6.04 Å². The lowest BCUT2D eigenvalue weighted by molar-refractivity contribution is 0.359. The molecule has 4 heteroatoms. The maximum Gasteiger partial charge on any atom is 0.184 e. The quantitative estimate of drug-likeness (QED) is 0.847. The highest BCUT2D eigenvalue weighted by Gasteiger charge is 2.20. The lowest BCUT2D eigenvalue weighted by Crippen LogP contribution is -2.30. The van der Waals surface area contributed by atoms with E-state index < -0.39 is 0 Å². The lowest BCUT2D eigenvalue weighted by Gasteiger charge is -2.27. The van der Waals surface area contributed by atoms with E-state index in [0.717, 1.165) is 20.4 Å². The molecule has 17 heavy (non-hydrogen) atoms. The minimum Gasteiger partial charge on any atom is -0.359 e. The largest absolute Gasteiger partial charge is 0.359 e. The van der Waals surface area contributed by atoms with Gasteiger partial charge in [-0.05, 0) is 30.5 Å². The first-order chi connectivity index (χ1) is 7.86. The second-order valence-electron chi connectivity index (χ2n) is 5.36. The number of hydrogen-bond acceptors (Lipinski definition) is 3. The van der Waals surface area contributed by atoms with Crippen LogP contribution >= 0.6 is 22.9 Å². The van der Waals surface area contributed by atoms with Crippen molar-refractivity contribution >= 4 is 38.3 Å². The molecule has 1 aromatic heterocycles. The van der Waals surface area contributed by atoms with Crippen LogP contribution in [0.3, 0.4) is 0 Å². The standard InChI is InChI=1S/C13H17ClN2S/c1-8(13(2,3)4)15-12-16-10-7-9(14)5-6-11(10)17-12/h5-8H,1-4H3,(H,15,16). The van der Waals surface area contributed by atoms with Gasteiger partial charge < -0.3 is 5.32 Å². The van der Waals surface area contributed by atoms with Crippen molar-refractivity contribution in [1.29, 1.82) is 0 Å². The van der Waals surface area contributed by atoms with Crippen molar-refractivity contribution in [3.63, 3.8) is 0 Å². The number of aromatic nitrogens is 1. The van der Waals surface area contributed by atoms with E-state index >= 15 is 0 Å². The van der Waals surface area contributed by atoms with Crippen LogP contribution in [-0.2, 0) is 0 Å². The van der Waals surface area contributed by atoms with Crippen LogP contribution in [0.4, 0.5) is 5.13 Å². The van der Waals surface area contributed by atoms with Gasteiger partial charge in [0.25, 0.3) is 0 Å². The van der Waals surface area contributed by atoms with Gasteiger partial charge in [0.05, 0.1) is 10.2 Å². The van der Waals surface area contributed by atoms with Crippen molar-refractivity contribution < 1.29 is 0 Å². The Morgan fingerprint density at radius 2 is 2.06 bits per heavy atom. The fourth-order valence-corrected chi connectivity index (χ4v) is 2.46. The van der Waals surface area contributed by atoms with E-state index in [4.69, 9.17) is 11.6 Å². The zero-order chi connectivity index (χ0) is 12.6. The van der Waals surface area contributed by atoms with E-state index in [2.05, 4.69) is 38.0 Å². The molecule has 0 saturated heterocycles. The summed E-state index contributed by atoms with van der Waals surface area (Å²) < 4.78 is 1.16. The number of fused-ring (bicyclic) bond motifs is 1. The molecule has 1 unspecified atom stereocenters. The molecule has 0 amide bonds. The Labute approximate surface area is 111 Å². The normalized spacial score (nSPS) is 13.9. The Morgan fingerprint density at radius 3 is 2.71 bits per heavy atom. The van der Waals surface area contributed by atoms with E-state index in [1.54, 1.807) is 11.3 Å². The van der Waals surface area contributed by atoms with Crippen LogP contribution in [-0.4, -0.2) is 11.0 Å². The van der Waals surface area contributed by atoms with Gasteiger partial charge in [0.2, 0.25) is 0 Å². The first-order valence-electron chi connectivity index (χ1n) is 5.69. The van der Waals surface area contributed by atoms with Crippen molar-refractivity contribution in [3.05, 3.63) is 23.2 Å². The molecule has 0 fully saturated rings. The highest BCUT2D eigenvalue weighted by atomic mass is 35.5. The smallest absolute Gasteiger partial charge is 0.184 e. The van der Waals surface area contributed by atoms with Crippen LogP contribution in [0.5, 0.6) is 0 Å². The molecule has 92 valence electrons. The van der Waals surface area contributed by atoms with Gasteiger partial charge >= 0.3 is 0 Å². The average molecular weight is 269 g/mol. The summed E-state index contributed by atoms with van der Waals surface area (Å²) in [5, 5.41) is 5.15. The molecule has 1 heterocycles. The van der Waals surface area contributed by atoms with Crippen molar-refractivity contribution in [2.45, 2.75) is 33.7 Å². The summed E-state index contributed by atoms with van der Waals surface area (Å²) in [7, 11) is 0. The monoisotopic (exact) mass is 268 g/mol. The molecule has 0 saturated carbocycles. The van der Waals surface area contributed by atoms with Gasteiger partial charge in [0, 0.05) is 11.1 Å². The molecule has 0 bridgehead atoms. The van der Waals surface area contributed by atoms with Crippen LogP contribution < -0.4 is 5.32 Å². The number of benzene rings is 1. The number of rotatable bonds is 2. The molecule has 2 nitrogen and oxygen atoms in total. The molecule has 1 aromatic carbocycles. The van der Waals surface area contributed by atoms with E-state index in [9.17, 15) is 0 Å². The molecule has 1 N–H and O–H groups in total. The maximum atomic E-state index is 5.95. The van der Waals surface area contributed by atoms with Crippen molar-refractivity contribution in [1.82, 2.24) is 4.98 Å². The minimum atomic E-state index is 0.218. The van der Waals surface area contributed by atoms with Crippen LogP contribution in [0.2, 0.25) is 5.02 Å². The minimum absolute atomic E-state index is 0.218. The third kappa shape index (κ3) is 2.90. The highest BCUT2D eigenvalue weighted by molar-refractivity contribution is 7.22. The zero-order valence-electron chi connectivity index (χ0n) is 10.5. The first-order valence-corrected chi connectivity index (χ1v) is 6.88. The number of nitrogens with zero attached hydrogens (tertiary/aromatic N) is 1. The Kier molecular flexibility index (Phi) is 3.32. The predicted octanol–water partition coefficient (Wildman–Crippen LogP) is 4.80. The maximum absolute atomic E-state index is 5.95. The van der Waals surface area contributed by atoms with Crippen LogP contribution in [0.15, 0.2) is 18.2 Å². The Bertz CT molecular complexity index is 528.